The molecule has 2 aliphatic heterocycles. The molecule has 3 atom stereocenters. The maximum absolute atomic E-state index is 5.90. The summed E-state index contributed by atoms with van der Waals surface area (Å²) in [5.41, 5.74) is 6.56. The molecule has 0 bridgehead atoms. The van der Waals surface area contributed by atoms with Crippen molar-refractivity contribution in [2.24, 2.45) is 0 Å². The Hall–Kier alpha value is -2.30. The molecule has 2 aromatic carbocycles. The van der Waals surface area contributed by atoms with E-state index in [1.165, 1.54) is 34.2 Å². The Morgan fingerprint density at radius 3 is 2.10 bits per heavy atom. The predicted molar refractivity (Wildman–Crippen MR) is 117 cm³/mol. The lowest BCUT2D eigenvalue weighted by molar-refractivity contribution is 0.261. The number of epoxide rings is 2. The Balaban J connectivity index is 1.25. The maximum Gasteiger partial charge on any atom is 0.122 e. The molecule has 0 amide bonds. The van der Waals surface area contributed by atoms with Crippen LogP contribution in [0.2, 0.25) is 0 Å². The van der Waals surface area contributed by atoms with Gasteiger partial charge in [-0.1, -0.05) is 24.3 Å². The van der Waals surface area contributed by atoms with E-state index in [1.807, 2.05) is 0 Å². The van der Waals surface area contributed by atoms with Crippen LogP contribution in [-0.4, -0.2) is 38.6 Å². The van der Waals surface area contributed by atoms with Gasteiger partial charge in [0.15, 0.2) is 0 Å². The summed E-state index contributed by atoms with van der Waals surface area (Å²) in [6, 6.07) is 13.2. The van der Waals surface area contributed by atoms with Crippen molar-refractivity contribution in [3.05, 3.63) is 64.7 Å². The molecule has 4 nitrogen and oxygen atoms in total. The second kappa shape index (κ2) is 8.44. The van der Waals surface area contributed by atoms with Gasteiger partial charge in [-0.15, -0.1) is 0 Å². The van der Waals surface area contributed by atoms with Crippen LogP contribution >= 0.6 is 0 Å². The Labute approximate surface area is 178 Å². The number of allylic oxidation sites excluding steroid dienone is 2. The normalized spacial score (nSPS) is 24.9. The second-order valence-corrected chi connectivity index (χ2v) is 8.75. The third kappa shape index (κ3) is 4.71. The van der Waals surface area contributed by atoms with Gasteiger partial charge in [0.25, 0.3) is 0 Å². The van der Waals surface area contributed by atoms with Gasteiger partial charge >= 0.3 is 0 Å². The molecule has 5 rings (SSSR count). The van der Waals surface area contributed by atoms with Crippen LogP contribution < -0.4 is 9.47 Å². The van der Waals surface area contributed by atoms with E-state index in [0.717, 1.165) is 37.6 Å². The molecule has 2 aromatic rings. The fourth-order valence-corrected chi connectivity index (χ4v) is 4.22. The van der Waals surface area contributed by atoms with E-state index < -0.39 is 0 Å². The largest absolute Gasteiger partial charge is 0.491 e. The number of ether oxygens (including phenoxy) is 4. The summed E-state index contributed by atoms with van der Waals surface area (Å²) in [7, 11) is 0. The molecule has 2 saturated heterocycles. The molecule has 0 spiro atoms. The summed E-state index contributed by atoms with van der Waals surface area (Å²) in [6.45, 7) is 7.23. The molecule has 2 heterocycles. The van der Waals surface area contributed by atoms with Crippen LogP contribution in [0.4, 0.5) is 0 Å². The van der Waals surface area contributed by atoms with Crippen molar-refractivity contribution in [2.45, 2.75) is 51.2 Å². The minimum Gasteiger partial charge on any atom is -0.491 e. The molecular weight excluding hydrogens is 376 g/mol. The van der Waals surface area contributed by atoms with E-state index in [1.54, 1.807) is 0 Å². The first kappa shape index (κ1) is 19.7. The molecule has 0 N–H and O–H groups in total. The smallest absolute Gasteiger partial charge is 0.122 e. The molecule has 3 unspecified atom stereocenters. The van der Waals surface area contributed by atoms with Gasteiger partial charge in [0.2, 0.25) is 0 Å². The van der Waals surface area contributed by atoms with Crippen molar-refractivity contribution >= 4 is 5.57 Å². The van der Waals surface area contributed by atoms with Gasteiger partial charge in [-0.3, -0.25) is 0 Å². The van der Waals surface area contributed by atoms with E-state index in [4.69, 9.17) is 18.9 Å². The van der Waals surface area contributed by atoms with Crippen LogP contribution in [0.1, 0.15) is 47.4 Å². The van der Waals surface area contributed by atoms with Crippen molar-refractivity contribution in [3.63, 3.8) is 0 Å². The lowest BCUT2D eigenvalue weighted by Crippen LogP contribution is -2.08. The first-order valence-corrected chi connectivity index (χ1v) is 11.0. The Bertz CT molecular complexity index is 940. The summed E-state index contributed by atoms with van der Waals surface area (Å²) in [6.07, 6.45) is 6.37. The lowest BCUT2D eigenvalue weighted by Gasteiger charge is -2.25. The van der Waals surface area contributed by atoms with Gasteiger partial charge in [0.05, 0.1) is 13.2 Å². The predicted octanol–water partition coefficient (Wildman–Crippen LogP) is 5.21. The van der Waals surface area contributed by atoms with Gasteiger partial charge in [0.1, 0.15) is 36.9 Å². The highest BCUT2D eigenvalue weighted by molar-refractivity contribution is 5.68. The van der Waals surface area contributed by atoms with Crippen LogP contribution in [0.5, 0.6) is 11.5 Å². The standard InChI is InChI=1S/C26H30O4/c1-17-10-21(6-8-25(17)29-15-23-13-27-23)19-4-3-5-20(12-19)22-7-9-26(18(2)11-22)30-16-24-14-28-24/h4,6-11,20,23-24H,3,5,12-16H2,1-2H3. The number of rotatable bonds is 8. The fourth-order valence-electron chi connectivity index (χ4n) is 4.22. The second-order valence-electron chi connectivity index (χ2n) is 8.75. The van der Waals surface area contributed by atoms with E-state index >= 15 is 0 Å². The average Bonchev–Trinajstić information content (AvgIpc) is 3.67. The van der Waals surface area contributed by atoms with Crippen molar-refractivity contribution in [2.75, 3.05) is 26.4 Å². The molecule has 30 heavy (non-hydrogen) atoms. The van der Waals surface area contributed by atoms with Gasteiger partial charge < -0.3 is 18.9 Å². The quantitative estimate of drug-likeness (QED) is 0.565. The molecule has 0 aromatic heterocycles. The van der Waals surface area contributed by atoms with Crippen LogP contribution in [0.25, 0.3) is 5.57 Å². The summed E-state index contributed by atoms with van der Waals surface area (Å²) in [4.78, 5) is 0. The highest BCUT2D eigenvalue weighted by Crippen LogP contribution is 2.39. The van der Waals surface area contributed by atoms with E-state index in [-0.39, 0.29) is 12.2 Å². The van der Waals surface area contributed by atoms with Crippen molar-refractivity contribution in [1.82, 2.24) is 0 Å². The zero-order valence-corrected chi connectivity index (χ0v) is 17.9. The lowest BCUT2D eigenvalue weighted by atomic mass is 9.81. The summed E-state index contributed by atoms with van der Waals surface area (Å²) >= 11 is 0. The summed E-state index contributed by atoms with van der Waals surface area (Å²) in [5.74, 6) is 2.49. The highest BCUT2D eigenvalue weighted by atomic mass is 16.6. The van der Waals surface area contributed by atoms with Crippen molar-refractivity contribution in [3.8, 4) is 11.5 Å². The first-order valence-electron chi connectivity index (χ1n) is 11.0. The topological polar surface area (TPSA) is 43.5 Å². The van der Waals surface area contributed by atoms with Crippen molar-refractivity contribution < 1.29 is 18.9 Å². The molecule has 0 saturated carbocycles. The molecule has 2 fully saturated rings. The van der Waals surface area contributed by atoms with E-state index in [0.29, 0.717) is 19.1 Å². The molecule has 158 valence electrons. The SMILES string of the molecule is Cc1cc(C2=CCCC(c3ccc(OCC4CO4)c(C)c3)C2)ccc1OCC1CO1. The molecule has 3 aliphatic rings. The van der Waals surface area contributed by atoms with Gasteiger partial charge in [-0.25, -0.2) is 0 Å². The van der Waals surface area contributed by atoms with Crippen LogP contribution in [0.15, 0.2) is 42.5 Å². The summed E-state index contributed by atoms with van der Waals surface area (Å²) < 4.78 is 22.3. The van der Waals surface area contributed by atoms with E-state index in [9.17, 15) is 0 Å². The highest BCUT2D eigenvalue weighted by Gasteiger charge is 2.25. The number of hydrogen-bond acceptors (Lipinski definition) is 4. The molecule has 1 aliphatic carbocycles. The van der Waals surface area contributed by atoms with Gasteiger partial charge in [-0.2, -0.15) is 0 Å². The Kier molecular flexibility index (Phi) is 5.53. The van der Waals surface area contributed by atoms with Crippen molar-refractivity contribution in [1.29, 1.82) is 0 Å². The average molecular weight is 407 g/mol. The van der Waals surface area contributed by atoms with E-state index in [2.05, 4.69) is 56.3 Å². The van der Waals surface area contributed by atoms with Crippen LogP contribution in [-0.2, 0) is 9.47 Å². The molecule has 4 heteroatoms. The number of aryl methyl sites for hydroxylation is 2. The van der Waals surface area contributed by atoms with Gasteiger partial charge in [0, 0.05) is 0 Å². The third-order valence-corrected chi connectivity index (χ3v) is 6.24. The molecule has 0 radical (unpaired) electrons. The van der Waals surface area contributed by atoms with Crippen LogP contribution in [0.3, 0.4) is 0 Å². The number of benzene rings is 2. The zero-order chi connectivity index (χ0) is 20.5. The first-order chi connectivity index (χ1) is 14.7. The Morgan fingerprint density at radius 1 is 0.867 bits per heavy atom. The molecular formula is C26H30O4. The minimum absolute atomic E-state index is 0.285. The fraction of sp³-hybridized carbons (Fsp3) is 0.462. The zero-order valence-electron chi connectivity index (χ0n) is 17.9. The third-order valence-electron chi connectivity index (χ3n) is 6.24. The summed E-state index contributed by atoms with van der Waals surface area (Å²) in [5, 5.41) is 0. The maximum atomic E-state index is 5.90. The number of hydrogen-bond donors (Lipinski definition) is 0. The minimum atomic E-state index is 0.285. The monoisotopic (exact) mass is 406 g/mol. The Morgan fingerprint density at radius 2 is 1.50 bits per heavy atom. The van der Waals surface area contributed by atoms with Gasteiger partial charge in [-0.05, 0) is 85.1 Å². The van der Waals surface area contributed by atoms with Crippen LogP contribution in [0, 0.1) is 13.8 Å².